The van der Waals surface area contributed by atoms with Crippen LogP contribution in [0.15, 0.2) is 78.9 Å². The fraction of sp³-hybridized carbons (Fsp3) is 0.276. The number of hydrogen-bond acceptors (Lipinski definition) is 5. The summed E-state index contributed by atoms with van der Waals surface area (Å²) < 4.78 is 5.79. The molecule has 5 nitrogen and oxygen atoms in total. The Kier molecular flexibility index (Phi) is 5.65. The van der Waals surface area contributed by atoms with E-state index >= 15 is 0 Å². The van der Waals surface area contributed by atoms with E-state index in [1.807, 2.05) is 36.4 Å². The molecule has 1 fully saturated rings. The molecule has 0 saturated carbocycles. The van der Waals surface area contributed by atoms with Crippen LogP contribution in [0.1, 0.15) is 11.1 Å². The molecule has 4 aromatic rings. The zero-order valence-electron chi connectivity index (χ0n) is 19.2. The quantitative estimate of drug-likeness (QED) is 0.416. The Morgan fingerprint density at radius 3 is 2.53 bits per heavy atom. The van der Waals surface area contributed by atoms with Crippen LogP contribution < -0.4 is 9.64 Å². The molecule has 0 radical (unpaired) electrons. The van der Waals surface area contributed by atoms with Gasteiger partial charge in [-0.05, 0) is 41.3 Å². The van der Waals surface area contributed by atoms with E-state index in [1.54, 1.807) is 0 Å². The summed E-state index contributed by atoms with van der Waals surface area (Å²) in [6.07, 6.45) is 0.477. The molecule has 2 aliphatic rings. The monoisotopic (exact) mass is 451 g/mol. The normalized spacial score (nSPS) is 16.3. The molecule has 1 saturated heterocycles. The first-order valence-electron chi connectivity index (χ1n) is 12.1. The van der Waals surface area contributed by atoms with Crippen molar-refractivity contribution in [1.82, 2.24) is 9.88 Å². The molecule has 1 unspecified atom stereocenters. The van der Waals surface area contributed by atoms with Crippen LogP contribution in [-0.4, -0.2) is 60.4 Å². The predicted octanol–water partition coefficient (Wildman–Crippen LogP) is 4.37. The van der Waals surface area contributed by atoms with E-state index in [-0.39, 0.29) is 6.61 Å². The average molecular weight is 452 g/mol. The first-order chi connectivity index (χ1) is 16.7. The van der Waals surface area contributed by atoms with Gasteiger partial charge in [-0.25, -0.2) is 4.98 Å². The highest BCUT2D eigenvalue weighted by molar-refractivity contribution is 5.87. The molecular formula is C29H29N3O2. The van der Waals surface area contributed by atoms with Crippen molar-refractivity contribution in [1.29, 1.82) is 0 Å². The van der Waals surface area contributed by atoms with Gasteiger partial charge in [0.25, 0.3) is 0 Å². The number of piperazine rings is 1. The second kappa shape index (κ2) is 9.09. The Labute approximate surface area is 200 Å². The van der Waals surface area contributed by atoms with Crippen LogP contribution in [0, 0.1) is 0 Å². The largest absolute Gasteiger partial charge is 0.475 e. The standard InChI is InChI=1S/C29H29N3O2/c33-24(20-34-28-13-12-21-6-2-4-10-26(21)30-28)19-31-14-16-32(17-15-31)27-11-5-8-23-18-22-7-1-3-9-25(22)29(23)27/h1-13,24,33H,14-20H2. The van der Waals surface area contributed by atoms with Crippen molar-refractivity contribution in [3.05, 3.63) is 90.0 Å². The Hall–Kier alpha value is -3.41. The summed E-state index contributed by atoms with van der Waals surface area (Å²) in [6, 6.07) is 27.3. The van der Waals surface area contributed by atoms with Gasteiger partial charge in [-0.3, -0.25) is 4.90 Å². The van der Waals surface area contributed by atoms with Gasteiger partial charge in [0.05, 0.1) is 5.52 Å². The highest BCUT2D eigenvalue weighted by Crippen LogP contribution is 2.42. The first kappa shape index (κ1) is 21.1. The SMILES string of the molecule is OC(COc1ccc2ccccc2n1)CN1CCN(c2cccc3c2-c2ccccc2C3)CC1. The highest BCUT2D eigenvalue weighted by atomic mass is 16.5. The topological polar surface area (TPSA) is 48.8 Å². The number of ether oxygens (including phenoxy) is 1. The molecule has 1 aliphatic carbocycles. The molecule has 172 valence electrons. The maximum atomic E-state index is 10.6. The van der Waals surface area contributed by atoms with Gasteiger partial charge in [0, 0.05) is 55.4 Å². The lowest BCUT2D eigenvalue weighted by atomic mass is 10.0. The average Bonchev–Trinajstić information content (AvgIpc) is 3.27. The first-order valence-corrected chi connectivity index (χ1v) is 12.1. The summed E-state index contributed by atoms with van der Waals surface area (Å²) in [6.45, 7) is 4.62. The minimum absolute atomic E-state index is 0.245. The van der Waals surface area contributed by atoms with E-state index in [2.05, 4.69) is 57.2 Å². The number of aromatic nitrogens is 1. The van der Waals surface area contributed by atoms with Crippen LogP contribution in [0.5, 0.6) is 5.88 Å². The number of rotatable bonds is 6. The summed E-state index contributed by atoms with van der Waals surface area (Å²) in [7, 11) is 0. The Balaban J connectivity index is 1.05. The fourth-order valence-electron chi connectivity index (χ4n) is 5.26. The number of nitrogens with zero attached hydrogens (tertiary/aromatic N) is 3. The Bertz CT molecular complexity index is 1310. The third-order valence-corrected chi connectivity index (χ3v) is 6.97. The fourth-order valence-corrected chi connectivity index (χ4v) is 5.26. The molecule has 3 aromatic carbocycles. The molecule has 6 rings (SSSR count). The summed E-state index contributed by atoms with van der Waals surface area (Å²) in [5.74, 6) is 0.556. The van der Waals surface area contributed by atoms with Gasteiger partial charge in [0.1, 0.15) is 12.7 Å². The molecule has 0 bridgehead atoms. The Morgan fingerprint density at radius 1 is 0.824 bits per heavy atom. The predicted molar refractivity (Wildman–Crippen MR) is 137 cm³/mol. The maximum Gasteiger partial charge on any atom is 0.213 e. The maximum absolute atomic E-state index is 10.6. The molecule has 1 aliphatic heterocycles. The van der Waals surface area contributed by atoms with Crippen molar-refractivity contribution in [3.63, 3.8) is 0 Å². The van der Waals surface area contributed by atoms with Crippen LogP contribution >= 0.6 is 0 Å². The number of benzene rings is 3. The minimum atomic E-state index is -0.548. The van der Waals surface area contributed by atoms with Gasteiger partial charge in [0.2, 0.25) is 5.88 Å². The molecule has 1 N–H and O–H groups in total. The molecule has 0 amide bonds. The molecule has 5 heteroatoms. The second-order valence-corrected chi connectivity index (χ2v) is 9.24. The van der Waals surface area contributed by atoms with Crippen molar-refractivity contribution in [2.45, 2.75) is 12.5 Å². The number of aliphatic hydroxyl groups is 1. The zero-order chi connectivity index (χ0) is 22.9. The lowest BCUT2D eigenvalue weighted by Gasteiger charge is -2.37. The third-order valence-electron chi connectivity index (χ3n) is 6.97. The van der Waals surface area contributed by atoms with Crippen LogP contribution in [0.25, 0.3) is 22.0 Å². The number of pyridine rings is 1. The number of aliphatic hydroxyl groups excluding tert-OH is 1. The molecule has 1 aromatic heterocycles. The number of para-hydroxylation sites is 1. The van der Waals surface area contributed by atoms with Crippen molar-refractivity contribution < 1.29 is 9.84 Å². The van der Waals surface area contributed by atoms with Gasteiger partial charge in [0.15, 0.2) is 0 Å². The molecule has 2 heterocycles. The van der Waals surface area contributed by atoms with Crippen LogP contribution in [0.3, 0.4) is 0 Å². The molecule has 0 spiro atoms. The molecule has 1 atom stereocenters. The smallest absolute Gasteiger partial charge is 0.213 e. The third kappa shape index (κ3) is 4.13. The van der Waals surface area contributed by atoms with Crippen LogP contribution in [-0.2, 0) is 6.42 Å². The van der Waals surface area contributed by atoms with E-state index in [0.29, 0.717) is 12.4 Å². The Morgan fingerprint density at radius 2 is 1.62 bits per heavy atom. The number of fused-ring (bicyclic) bond motifs is 4. The summed E-state index contributed by atoms with van der Waals surface area (Å²) in [5.41, 5.74) is 7.88. The van der Waals surface area contributed by atoms with E-state index in [1.165, 1.54) is 27.9 Å². The van der Waals surface area contributed by atoms with Crippen molar-refractivity contribution in [3.8, 4) is 17.0 Å². The second-order valence-electron chi connectivity index (χ2n) is 9.24. The zero-order valence-corrected chi connectivity index (χ0v) is 19.2. The van der Waals surface area contributed by atoms with E-state index < -0.39 is 6.10 Å². The van der Waals surface area contributed by atoms with Gasteiger partial charge in [-0.15, -0.1) is 0 Å². The van der Waals surface area contributed by atoms with Gasteiger partial charge < -0.3 is 14.7 Å². The summed E-state index contributed by atoms with van der Waals surface area (Å²) in [4.78, 5) is 9.36. The van der Waals surface area contributed by atoms with E-state index in [9.17, 15) is 5.11 Å². The lowest BCUT2D eigenvalue weighted by molar-refractivity contribution is 0.0648. The summed E-state index contributed by atoms with van der Waals surface area (Å²) >= 11 is 0. The molecular weight excluding hydrogens is 422 g/mol. The van der Waals surface area contributed by atoms with Crippen molar-refractivity contribution >= 4 is 16.6 Å². The summed E-state index contributed by atoms with van der Waals surface area (Å²) in [5, 5.41) is 11.7. The van der Waals surface area contributed by atoms with Crippen LogP contribution in [0.4, 0.5) is 5.69 Å². The van der Waals surface area contributed by atoms with Gasteiger partial charge in [-0.2, -0.15) is 0 Å². The van der Waals surface area contributed by atoms with E-state index in [4.69, 9.17) is 4.74 Å². The lowest BCUT2D eigenvalue weighted by Crippen LogP contribution is -2.49. The van der Waals surface area contributed by atoms with Crippen LogP contribution in [0.2, 0.25) is 0 Å². The van der Waals surface area contributed by atoms with E-state index in [0.717, 1.165) is 43.5 Å². The van der Waals surface area contributed by atoms with Crippen molar-refractivity contribution in [2.24, 2.45) is 0 Å². The van der Waals surface area contributed by atoms with Crippen molar-refractivity contribution in [2.75, 3.05) is 44.2 Å². The van der Waals surface area contributed by atoms with Gasteiger partial charge in [-0.1, -0.05) is 54.6 Å². The number of β-amino-alcohol motifs (C(OH)–C–C–N with tert-alkyl or cyclic N) is 1. The highest BCUT2D eigenvalue weighted by Gasteiger charge is 2.26. The van der Waals surface area contributed by atoms with Gasteiger partial charge >= 0.3 is 0 Å². The minimum Gasteiger partial charge on any atom is -0.475 e. The number of hydrogen-bond donors (Lipinski definition) is 1. The molecule has 34 heavy (non-hydrogen) atoms. The number of anilines is 1.